The first-order chi connectivity index (χ1) is 21.8. The summed E-state index contributed by atoms with van der Waals surface area (Å²) in [7, 11) is -3.17. The van der Waals surface area contributed by atoms with Gasteiger partial charge in [-0.1, -0.05) is 37.5 Å². The fraction of sp³-hybridized carbons (Fsp3) is 0.594. The van der Waals surface area contributed by atoms with Gasteiger partial charge >= 0.3 is 0 Å². The molecule has 2 aromatic heterocycles. The molecule has 11 heteroatoms. The normalized spacial score (nSPS) is 28.0. The van der Waals surface area contributed by atoms with Crippen molar-refractivity contribution in [2.75, 3.05) is 36.5 Å². The number of fused-ring (bicyclic) bond motifs is 8. The molecule has 6 heterocycles. The van der Waals surface area contributed by atoms with E-state index in [2.05, 4.69) is 20.2 Å². The van der Waals surface area contributed by atoms with Crippen molar-refractivity contribution in [2.45, 2.75) is 82.6 Å². The third-order valence-electron chi connectivity index (χ3n) is 9.26. The van der Waals surface area contributed by atoms with E-state index in [-0.39, 0.29) is 52.3 Å². The standard InChI is InChI=1S/C32H41F2N5O3S/c1-22-25-8-7-9-26(16-25)32(33,34)18-23-19-38(20-23)12-5-3-2-4-6-13-39-30-28(29(37-22)35-21-36-30)17-27(31(39)40)24-10-14-43(41,42)15-11-24/h7-9,16-17,21-24H,2-6,10-15,18-20H2,1H3,(H,35,36,37)/t22-/m1/s1/i1D3. The van der Waals surface area contributed by atoms with E-state index in [0.717, 1.165) is 38.6 Å². The number of aromatic nitrogens is 3. The van der Waals surface area contributed by atoms with Crippen LogP contribution >= 0.6 is 0 Å². The molecule has 3 aromatic rings. The van der Waals surface area contributed by atoms with Gasteiger partial charge in [0.25, 0.3) is 11.5 Å². The minimum atomic E-state index is -3.17. The molecule has 43 heavy (non-hydrogen) atoms. The minimum absolute atomic E-state index is 0.00812. The van der Waals surface area contributed by atoms with Crippen molar-refractivity contribution < 1.29 is 21.3 Å². The van der Waals surface area contributed by atoms with Crippen LogP contribution in [0.1, 0.15) is 91.0 Å². The largest absolute Gasteiger partial charge is 0.363 e. The Morgan fingerprint density at radius 2 is 1.77 bits per heavy atom. The Morgan fingerprint density at radius 3 is 2.53 bits per heavy atom. The summed E-state index contributed by atoms with van der Waals surface area (Å²) < 4.78 is 82.2. The maximum absolute atomic E-state index is 15.6. The van der Waals surface area contributed by atoms with E-state index in [1.165, 1.54) is 30.6 Å². The lowest BCUT2D eigenvalue weighted by molar-refractivity contribution is -0.0568. The average Bonchev–Trinajstić information content (AvgIpc) is 2.97. The van der Waals surface area contributed by atoms with Gasteiger partial charge in [0.1, 0.15) is 27.6 Å². The summed E-state index contributed by atoms with van der Waals surface area (Å²) in [5, 5.41) is 3.46. The Hall–Kier alpha value is -2.92. The number of halogens is 2. The smallest absolute Gasteiger partial charge is 0.273 e. The molecule has 0 saturated carbocycles. The zero-order valence-corrected chi connectivity index (χ0v) is 25.1. The van der Waals surface area contributed by atoms with Crippen LogP contribution in [0.4, 0.5) is 14.6 Å². The number of hydrogen-bond donors (Lipinski definition) is 1. The van der Waals surface area contributed by atoms with Crippen LogP contribution in [0.25, 0.3) is 11.0 Å². The summed E-state index contributed by atoms with van der Waals surface area (Å²) in [6.45, 7) is -0.106. The predicted molar refractivity (Wildman–Crippen MR) is 164 cm³/mol. The van der Waals surface area contributed by atoms with Crippen LogP contribution in [0.3, 0.4) is 0 Å². The molecule has 2 saturated heterocycles. The molecule has 4 aliphatic rings. The van der Waals surface area contributed by atoms with Crippen molar-refractivity contribution in [3.05, 3.63) is 63.7 Å². The predicted octanol–water partition coefficient (Wildman–Crippen LogP) is 5.63. The zero-order valence-electron chi connectivity index (χ0n) is 27.3. The van der Waals surface area contributed by atoms with E-state index in [0.29, 0.717) is 49.1 Å². The van der Waals surface area contributed by atoms with Gasteiger partial charge in [0.2, 0.25) is 0 Å². The number of rotatable bonds is 1. The highest BCUT2D eigenvalue weighted by atomic mass is 32.2. The van der Waals surface area contributed by atoms with E-state index in [4.69, 9.17) is 4.11 Å². The van der Waals surface area contributed by atoms with Crippen LogP contribution in [0.2, 0.25) is 0 Å². The van der Waals surface area contributed by atoms with Crippen molar-refractivity contribution in [1.29, 1.82) is 0 Å². The van der Waals surface area contributed by atoms with Crippen molar-refractivity contribution in [3.63, 3.8) is 0 Å². The molecule has 232 valence electrons. The molecule has 8 bridgehead atoms. The first-order valence-corrected chi connectivity index (χ1v) is 17.2. The molecule has 0 aliphatic carbocycles. The SMILES string of the molecule is [2H]C([2H])([2H])[C@H]1Nc2ncnc3c2cc(C2CCS(=O)(=O)CC2)c(=O)n3CCCCCCCN2CC(C2)CC(F)(F)c2cccc1c2. The van der Waals surface area contributed by atoms with Crippen LogP contribution in [0, 0.1) is 5.92 Å². The van der Waals surface area contributed by atoms with Gasteiger partial charge in [-0.05, 0) is 68.6 Å². The van der Waals surface area contributed by atoms with Gasteiger partial charge in [0.05, 0.1) is 16.9 Å². The lowest BCUT2D eigenvalue weighted by Gasteiger charge is -2.41. The molecule has 4 aliphatic heterocycles. The van der Waals surface area contributed by atoms with Crippen LogP contribution in [-0.2, 0) is 22.3 Å². The molecule has 1 aromatic carbocycles. The van der Waals surface area contributed by atoms with Gasteiger partial charge in [-0.3, -0.25) is 9.36 Å². The van der Waals surface area contributed by atoms with Crippen molar-refractivity contribution in [1.82, 2.24) is 19.4 Å². The molecular weight excluding hydrogens is 572 g/mol. The second-order valence-corrected chi connectivity index (χ2v) is 14.8. The number of aryl methyl sites for hydroxylation is 1. The summed E-state index contributed by atoms with van der Waals surface area (Å²) in [6.07, 6.45) is 6.18. The fourth-order valence-electron chi connectivity index (χ4n) is 6.79. The monoisotopic (exact) mass is 616 g/mol. The molecule has 0 radical (unpaired) electrons. The number of benzene rings is 1. The van der Waals surface area contributed by atoms with E-state index < -0.39 is 28.7 Å². The maximum atomic E-state index is 15.6. The van der Waals surface area contributed by atoms with Gasteiger partial charge in [-0.2, -0.15) is 0 Å². The number of alkyl halides is 2. The summed E-state index contributed by atoms with van der Waals surface area (Å²) >= 11 is 0. The molecule has 2 fully saturated rings. The lowest BCUT2D eigenvalue weighted by atomic mass is 9.89. The van der Waals surface area contributed by atoms with Crippen molar-refractivity contribution >= 4 is 26.7 Å². The second-order valence-electron chi connectivity index (χ2n) is 12.4. The molecule has 0 unspecified atom stereocenters. The highest BCUT2D eigenvalue weighted by molar-refractivity contribution is 7.91. The third-order valence-corrected chi connectivity index (χ3v) is 11.0. The van der Waals surface area contributed by atoms with E-state index in [9.17, 15) is 13.2 Å². The Morgan fingerprint density at radius 1 is 1.02 bits per heavy atom. The Balaban J connectivity index is 1.44. The third kappa shape index (κ3) is 6.62. The first kappa shape index (κ1) is 26.5. The molecule has 0 spiro atoms. The molecular formula is C32H41F2N5O3S. The number of nitrogens with one attached hydrogen (secondary N) is 1. The quantitative estimate of drug-likeness (QED) is 0.378. The number of hydrogen-bond acceptors (Lipinski definition) is 7. The Bertz CT molecular complexity index is 1730. The summed E-state index contributed by atoms with van der Waals surface area (Å²) in [6, 6.07) is 5.90. The molecule has 7 rings (SSSR count). The first-order valence-electron chi connectivity index (χ1n) is 16.9. The van der Waals surface area contributed by atoms with Gasteiger partial charge in [-0.25, -0.2) is 27.2 Å². The lowest BCUT2D eigenvalue weighted by Crippen LogP contribution is -2.48. The highest BCUT2D eigenvalue weighted by Crippen LogP contribution is 2.39. The van der Waals surface area contributed by atoms with Crippen molar-refractivity contribution in [3.8, 4) is 0 Å². The molecule has 0 amide bonds. The number of sulfone groups is 1. The maximum Gasteiger partial charge on any atom is 0.273 e. The number of pyridine rings is 1. The molecule has 1 atom stereocenters. The second kappa shape index (κ2) is 12.2. The topological polar surface area (TPSA) is 97.2 Å². The zero-order chi connectivity index (χ0) is 32.7. The van der Waals surface area contributed by atoms with Gasteiger partial charge < -0.3 is 10.2 Å². The van der Waals surface area contributed by atoms with E-state index >= 15 is 8.78 Å². The van der Waals surface area contributed by atoms with Gasteiger partial charge in [-0.15, -0.1) is 0 Å². The minimum Gasteiger partial charge on any atom is -0.363 e. The highest BCUT2D eigenvalue weighted by Gasteiger charge is 2.39. The van der Waals surface area contributed by atoms with Crippen LogP contribution < -0.4 is 10.9 Å². The van der Waals surface area contributed by atoms with Crippen molar-refractivity contribution in [2.24, 2.45) is 5.92 Å². The summed E-state index contributed by atoms with van der Waals surface area (Å²) in [4.78, 5) is 25.0. The Labute approximate surface area is 256 Å². The van der Waals surface area contributed by atoms with Gasteiger partial charge in [0.15, 0.2) is 0 Å². The number of anilines is 1. The fourth-order valence-corrected chi connectivity index (χ4v) is 8.28. The van der Waals surface area contributed by atoms with Crippen LogP contribution in [-0.4, -0.2) is 59.0 Å². The average molecular weight is 617 g/mol. The summed E-state index contributed by atoms with van der Waals surface area (Å²) in [5.74, 6) is -3.38. The Kier molecular flexibility index (Phi) is 7.53. The van der Waals surface area contributed by atoms with E-state index in [1.54, 1.807) is 10.6 Å². The van der Waals surface area contributed by atoms with E-state index in [1.807, 2.05) is 0 Å². The summed E-state index contributed by atoms with van der Waals surface area (Å²) in [5.41, 5.74) is 0.531. The van der Waals surface area contributed by atoms with Gasteiger partial charge in [0, 0.05) is 47.3 Å². The molecule has 8 nitrogen and oxygen atoms in total. The van der Waals surface area contributed by atoms with Crippen LogP contribution in [0.5, 0.6) is 0 Å². The molecule has 1 N–H and O–H groups in total. The number of nitrogens with zero attached hydrogens (tertiary/aromatic N) is 4. The van der Waals surface area contributed by atoms with Crippen LogP contribution in [0.15, 0.2) is 41.5 Å².